The van der Waals surface area contributed by atoms with E-state index in [1.54, 1.807) is 48.8 Å². The Balaban J connectivity index is 2.02. The molecule has 1 aromatic heterocycles. The van der Waals surface area contributed by atoms with Crippen molar-refractivity contribution < 1.29 is 9.59 Å². The third kappa shape index (κ3) is 2.64. The molecular weight excluding hydrogens is 298 g/mol. The van der Waals surface area contributed by atoms with Gasteiger partial charge in [0.25, 0.3) is 11.8 Å². The zero-order valence-corrected chi connectivity index (χ0v) is 12.2. The lowest BCUT2D eigenvalue weighted by atomic mass is 10.1. The van der Waals surface area contributed by atoms with E-state index in [4.69, 9.17) is 12.2 Å². The number of hydrogen-bond donors (Lipinski definition) is 1. The summed E-state index contributed by atoms with van der Waals surface area (Å²) >= 11 is 5.12. The summed E-state index contributed by atoms with van der Waals surface area (Å²) in [6.45, 7) is 0. The maximum atomic E-state index is 12.6. The number of para-hydroxylation sites is 1. The topological polar surface area (TPSA) is 62.3 Å². The molecule has 1 aromatic carbocycles. The summed E-state index contributed by atoms with van der Waals surface area (Å²) < 4.78 is 0. The standard InChI is InChI=1S/C16H11N3O2S/c20-14-13(10-11-6-8-17-9-7-11)15(21)19(16(22)18-14)12-4-2-1-3-5-12/h1-10H,(H,18,20,22)/b13-10+. The first-order valence-electron chi connectivity index (χ1n) is 6.53. The van der Waals surface area contributed by atoms with E-state index in [2.05, 4.69) is 10.3 Å². The Morgan fingerprint density at radius 1 is 1.05 bits per heavy atom. The molecular formula is C16H11N3O2S. The van der Waals surface area contributed by atoms with Gasteiger partial charge in [0.2, 0.25) is 0 Å². The smallest absolute Gasteiger partial charge is 0.270 e. The van der Waals surface area contributed by atoms with Crippen LogP contribution in [0.25, 0.3) is 6.08 Å². The van der Waals surface area contributed by atoms with Crippen molar-refractivity contribution in [1.29, 1.82) is 0 Å². The second kappa shape index (κ2) is 5.87. The third-order valence-corrected chi connectivity index (χ3v) is 3.42. The molecule has 1 aliphatic heterocycles. The maximum absolute atomic E-state index is 12.6. The molecule has 1 aliphatic rings. The molecule has 0 saturated carbocycles. The van der Waals surface area contributed by atoms with Crippen LogP contribution in [0.4, 0.5) is 5.69 Å². The van der Waals surface area contributed by atoms with Crippen molar-refractivity contribution in [1.82, 2.24) is 10.3 Å². The highest BCUT2D eigenvalue weighted by molar-refractivity contribution is 7.80. The number of nitrogens with one attached hydrogen (secondary N) is 1. The van der Waals surface area contributed by atoms with Gasteiger partial charge in [-0.15, -0.1) is 0 Å². The minimum absolute atomic E-state index is 0.0312. The van der Waals surface area contributed by atoms with Crippen LogP contribution in [0.3, 0.4) is 0 Å². The summed E-state index contributed by atoms with van der Waals surface area (Å²) in [4.78, 5) is 29.9. The normalized spacial score (nSPS) is 16.8. The minimum Gasteiger partial charge on any atom is -0.298 e. The highest BCUT2D eigenvalue weighted by Gasteiger charge is 2.34. The van der Waals surface area contributed by atoms with Crippen LogP contribution in [0, 0.1) is 0 Å². The molecule has 0 radical (unpaired) electrons. The van der Waals surface area contributed by atoms with Crippen LogP contribution < -0.4 is 10.2 Å². The van der Waals surface area contributed by atoms with E-state index in [-0.39, 0.29) is 10.7 Å². The van der Waals surface area contributed by atoms with Gasteiger partial charge in [-0.05, 0) is 48.1 Å². The second-order valence-corrected chi connectivity index (χ2v) is 4.96. The van der Waals surface area contributed by atoms with Gasteiger partial charge in [0, 0.05) is 12.4 Å². The molecule has 1 fully saturated rings. The number of carbonyl (C=O) groups is 2. The summed E-state index contributed by atoms with van der Waals surface area (Å²) in [5, 5.41) is 2.62. The summed E-state index contributed by atoms with van der Waals surface area (Å²) in [5.41, 5.74) is 1.36. The Hall–Kier alpha value is -2.86. The number of nitrogens with zero attached hydrogens (tertiary/aromatic N) is 2. The number of hydrogen-bond acceptors (Lipinski definition) is 4. The lowest BCUT2D eigenvalue weighted by molar-refractivity contribution is -0.122. The first kappa shape index (κ1) is 14.1. The summed E-state index contributed by atoms with van der Waals surface area (Å²) in [6.07, 6.45) is 4.71. The fourth-order valence-electron chi connectivity index (χ4n) is 2.10. The Morgan fingerprint density at radius 2 is 1.73 bits per heavy atom. The summed E-state index contributed by atoms with van der Waals surface area (Å²) in [7, 11) is 0. The Morgan fingerprint density at radius 3 is 2.41 bits per heavy atom. The molecule has 0 spiro atoms. The highest BCUT2D eigenvalue weighted by Crippen LogP contribution is 2.21. The van der Waals surface area contributed by atoms with Gasteiger partial charge in [-0.3, -0.25) is 24.8 Å². The van der Waals surface area contributed by atoms with Gasteiger partial charge in [-0.25, -0.2) is 0 Å². The molecule has 5 nitrogen and oxygen atoms in total. The molecule has 1 N–H and O–H groups in total. The van der Waals surface area contributed by atoms with Gasteiger partial charge in [-0.1, -0.05) is 18.2 Å². The van der Waals surface area contributed by atoms with E-state index in [0.29, 0.717) is 11.3 Å². The lowest BCUT2D eigenvalue weighted by Crippen LogP contribution is -2.54. The average Bonchev–Trinajstić information content (AvgIpc) is 2.53. The van der Waals surface area contributed by atoms with Crippen molar-refractivity contribution in [2.75, 3.05) is 4.90 Å². The largest absolute Gasteiger partial charge is 0.298 e. The molecule has 1 saturated heterocycles. The lowest BCUT2D eigenvalue weighted by Gasteiger charge is -2.28. The Kier molecular flexibility index (Phi) is 3.76. The molecule has 0 aliphatic carbocycles. The number of thiocarbonyl (C=S) groups is 1. The van der Waals surface area contributed by atoms with Gasteiger partial charge < -0.3 is 0 Å². The van der Waals surface area contributed by atoms with Gasteiger partial charge in [0.05, 0.1) is 5.69 Å². The first-order chi connectivity index (χ1) is 10.7. The monoisotopic (exact) mass is 309 g/mol. The predicted octanol–water partition coefficient (Wildman–Crippen LogP) is 1.91. The molecule has 0 atom stereocenters. The van der Waals surface area contributed by atoms with Crippen LogP contribution in [0.2, 0.25) is 0 Å². The van der Waals surface area contributed by atoms with E-state index in [0.717, 1.165) is 0 Å². The molecule has 2 heterocycles. The number of amides is 2. The van der Waals surface area contributed by atoms with Crippen molar-refractivity contribution in [3.05, 3.63) is 66.0 Å². The van der Waals surface area contributed by atoms with Crippen LogP contribution in [-0.2, 0) is 9.59 Å². The molecule has 3 rings (SSSR count). The Labute approximate surface area is 132 Å². The number of aromatic nitrogens is 1. The van der Waals surface area contributed by atoms with Crippen LogP contribution in [-0.4, -0.2) is 21.9 Å². The number of benzene rings is 1. The van der Waals surface area contributed by atoms with Gasteiger partial charge in [0.15, 0.2) is 5.11 Å². The zero-order chi connectivity index (χ0) is 15.5. The van der Waals surface area contributed by atoms with E-state index in [1.807, 2.05) is 6.07 Å². The quantitative estimate of drug-likeness (QED) is 0.523. The SMILES string of the molecule is O=C1NC(=S)N(c2ccccc2)C(=O)/C1=C/c1ccncc1. The Bertz CT molecular complexity index is 772. The molecule has 0 bridgehead atoms. The second-order valence-electron chi connectivity index (χ2n) is 4.57. The number of pyridine rings is 1. The molecule has 2 aromatic rings. The molecule has 6 heteroatoms. The third-order valence-electron chi connectivity index (χ3n) is 3.13. The highest BCUT2D eigenvalue weighted by atomic mass is 32.1. The zero-order valence-electron chi connectivity index (χ0n) is 11.4. The summed E-state index contributed by atoms with van der Waals surface area (Å²) in [5.74, 6) is -0.948. The first-order valence-corrected chi connectivity index (χ1v) is 6.94. The fraction of sp³-hybridized carbons (Fsp3) is 0. The van der Waals surface area contributed by atoms with E-state index < -0.39 is 11.8 Å². The number of rotatable bonds is 2. The molecule has 2 amide bonds. The van der Waals surface area contributed by atoms with E-state index in [9.17, 15) is 9.59 Å². The predicted molar refractivity (Wildman–Crippen MR) is 86.9 cm³/mol. The molecule has 22 heavy (non-hydrogen) atoms. The van der Waals surface area contributed by atoms with Crippen molar-refractivity contribution >= 4 is 40.9 Å². The van der Waals surface area contributed by atoms with Crippen molar-refractivity contribution in [3.8, 4) is 0 Å². The number of anilines is 1. The van der Waals surface area contributed by atoms with Crippen LogP contribution in [0.15, 0.2) is 60.4 Å². The van der Waals surface area contributed by atoms with Crippen LogP contribution in [0.5, 0.6) is 0 Å². The molecule has 108 valence electrons. The maximum Gasteiger partial charge on any atom is 0.270 e. The van der Waals surface area contributed by atoms with Crippen LogP contribution >= 0.6 is 12.2 Å². The van der Waals surface area contributed by atoms with E-state index >= 15 is 0 Å². The van der Waals surface area contributed by atoms with Gasteiger partial charge >= 0.3 is 0 Å². The van der Waals surface area contributed by atoms with Crippen molar-refractivity contribution in [3.63, 3.8) is 0 Å². The van der Waals surface area contributed by atoms with Gasteiger partial charge in [-0.2, -0.15) is 0 Å². The number of carbonyl (C=O) groups excluding carboxylic acids is 2. The fourth-order valence-corrected chi connectivity index (χ4v) is 2.38. The van der Waals surface area contributed by atoms with Crippen molar-refractivity contribution in [2.45, 2.75) is 0 Å². The summed E-state index contributed by atoms with van der Waals surface area (Å²) in [6, 6.07) is 12.4. The van der Waals surface area contributed by atoms with Gasteiger partial charge in [0.1, 0.15) is 5.57 Å². The average molecular weight is 309 g/mol. The molecule has 0 unspecified atom stereocenters. The minimum atomic E-state index is -0.501. The van der Waals surface area contributed by atoms with E-state index in [1.165, 1.54) is 11.0 Å². The van der Waals surface area contributed by atoms with Crippen molar-refractivity contribution in [2.24, 2.45) is 0 Å². The van der Waals surface area contributed by atoms with Crippen LogP contribution in [0.1, 0.15) is 5.56 Å².